The molecule has 2 aromatic carbocycles. The maximum atomic E-state index is 11.8. The van der Waals surface area contributed by atoms with Gasteiger partial charge in [-0.25, -0.2) is 0 Å². The molecular weight excluding hydrogens is 364 g/mol. The van der Waals surface area contributed by atoms with Gasteiger partial charge in [-0.3, -0.25) is 4.79 Å². The molecule has 1 heterocycles. The molecule has 1 aliphatic heterocycles. The fraction of sp³-hybridized carbons (Fsp3) is 0.458. The Kier molecular flexibility index (Phi) is 5.19. The van der Waals surface area contributed by atoms with Crippen molar-refractivity contribution in [2.75, 3.05) is 6.61 Å². The van der Waals surface area contributed by atoms with Crippen LogP contribution in [-0.2, 0) is 14.0 Å². The maximum absolute atomic E-state index is 11.8. The molecule has 1 saturated heterocycles. The van der Waals surface area contributed by atoms with Crippen molar-refractivity contribution in [1.82, 2.24) is 0 Å². The zero-order valence-corrected chi connectivity index (χ0v) is 18.1. The third kappa shape index (κ3) is 3.33. The van der Waals surface area contributed by atoms with E-state index < -0.39 is 8.32 Å². The van der Waals surface area contributed by atoms with Crippen molar-refractivity contribution in [3.8, 4) is 0 Å². The molecule has 1 aliphatic carbocycles. The minimum atomic E-state index is -2.50. The first-order valence-electron chi connectivity index (χ1n) is 10.4. The number of ether oxygens (including phenoxy) is 1. The molecule has 4 heteroatoms. The minimum Gasteiger partial charge on any atom is -0.462 e. The standard InChI is InChI=1S/C24H30O3Si/c1-24(2,3)28(19-10-6-4-7-11-19,20-12-8-5-9-13-20)26-17-18-14-15-22-21(18)16-23(25)27-22/h4-13,18,21-22H,14-17H2,1-3H3/t18-,21-,22+/m1/s1. The number of fused-ring (bicyclic) bond motifs is 1. The molecule has 28 heavy (non-hydrogen) atoms. The first kappa shape index (κ1) is 19.4. The van der Waals surface area contributed by atoms with Crippen molar-refractivity contribution in [3.05, 3.63) is 60.7 Å². The largest absolute Gasteiger partial charge is 0.462 e. The second-order valence-electron chi connectivity index (χ2n) is 9.21. The number of hydrogen-bond acceptors (Lipinski definition) is 3. The average molecular weight is 395 g/mol. The maximum Gasteiger partial charge on any atom is 0.306 e. The Balaban J connectivity index is 1.70. The van der Waals surface area contributed by atoms with Crippen LogP contribution in [0.3, 0.4) is 0 Å². The van der Waals surface area contributed by atoms with Gasteiger partial charge in [-0.1, -0.05) is 81.4 Å². The van der Waals surface area contributed by atoms with Gasteiger partial charge < -0.3 is 9.16 Å². The van der Waals surface area contributed by atoms with Crippen molar-refractivity contribution in [1.29, 1.82) is 0 Å². The second kappa shape index (κ2) is 7.49. The van der Waals surface area contributed by atoms with Gasteiger partial charge in [0, 0.05) is 12.5 Å². The van der Waals surface area contributed by atoms with Crippen LogP contribution in [0.1, 0.15) is 40.0 Å². The van der Waals surface area contributed by atoms with Gasteiger partial charge in [0.1, 0.15) is 6.10 Å². The predicted octanol–water partition coefficient (Wildman–Crippen LogP) is 3.90. The van der Waals surface area contributed by atoms with Gasteiger partial charge in [0.2, 0.25) is 0 Å². The van der Waals surface area contributed by atoms with E-state index in [4.69, 9.17) is 9.16 Å². The molecule has 2 aliphatic rings. The van der Waals surface area contributed by atoms with Crippen molar-refractivity contribution < 1.29 is 14.0 Å². The monoisotopic (exact) mass is 394 g/mol. The van der Waals surface area contributed by atoms with Crippen LogP contribution in [0.25, 0.3) is 0 Å². The highest BCUT2D eigenvalue weighted by Gasteiger charge is 2.52. The molecule has 1 saturated carbocycles. The van der Waals surface area contributed by atoms with Crippen LogP contribution in [0, 0.1) is 11.8 Å². The van der Waals surface area contributed by atoms with Crippen molar-refractivity contribution in [2.45, 2.75) is 51.2 Å². The molecule has 4 rings (SSSR count). The zero-order valence-electron chi connectivity index (χ0n) is 17.1. The van der Waals surface area contributed by atoms with Gasteiger partial charge in [-0.15, -0.1) is 0 Å². The van der Waals surface area contributed by atoms with Crippen LogP contribution in [-0.4, -0.2) is 27.0 Å². The summed E-state index contributed by atoms with van der Waals surface area (Å²) in [5.41, 5.74) is 0. The first-order valence-corrected chi connectivity index (χ1v) is 12.3. The van der Waals surface area contributed by atoms with Crippen LogP contribution in [0.15, 0.2) is 60.7 Å². The van der Waals surface area contributed by atoms with Gasteiger partial charge in [-0.05, 0) is 34.2 Å². The predicted molar refractivity (Wildman–Crippen MR) is 114 cm³/mol. The molecule has 3 atom stereocenters. The fourth-order valence-corrected chi connectivity index (χ4v) is 9.78. The van der Waals surface area contributed by atoms with E-state index in [1.165, 1.54) is 10.4 Å². The van der Waals surface area contributed by atoms with E-state index in [9.17, 15) is 4.79 Å². The molecule has 0 bridgehead atoms. The van der Waals surface area contributed by atoms with Crippen LogP contribution >= 0.6 is 0 Å². The number of benzene rings is 2. The Morgan fingerprint density at radius 1 is 0.964 bits per heavy atom. The molecule has 0 radical (unpaired) electrons. The minimum absolute atomic E-state index is 0.0181. The molecular formula is C24H30O3Si. The van der Waals surface area contributed by atoms with E-state index in [0.29, 0.717) is 24.9 Å². The Hall–Kier alpha value is -1.91. The second-order valence-corrected chi connectivity index (χ2v) is 13.5. The summed E-state index contributed by atoms with van der Waals surface area (Å²) in [6.45, 7) is 7.61. The quantitative estimate of drug-likeness (QED) is 0.570. The fourth-order valence-electron chi connectivity index (χ4n) is 5.16. The van der Waals surface area contributed by atoms with Crippen molar-refractivity contribution >= 4 is 24.7 Å². The van der Waals surface area contributed by atoms with Gasteiger partial charge in [-0.2, -0.15) is 0 Å². The van der Waals surface area contributed by atoms with Crippen molar-refractivity contribution in [3.63, 3.8) is 0 Å². The molecule has 0 amide bonds. The summed E-state index contributed by atoms with van der Waals surface area (Å²) in [7, 11) is -2.50. The summed E-state index contributed by atoms with van der Waals surface area (Å²) in [5, 5.41) is 2.60. The molecule has 0 N–H and O–H groups in total. The molecule has 0 spiro atoms. The number of carbonyl (C=O) groups excluding carboxylic acids is 1. The van der Waals surface area contributed by atoms with E-state index >= 15 is 0 Å². The van der Waals surface area contributed by atoms with E-state index in [1.807, 2.05) is 0 Å². The zero-order chi connectivity index (χ0) is 19.8. The van der Waals surface area contributed by atoms with E-state index in [0.717, 1.165) is 12.8 Å². The van der Waals surface area contributed by atoms with Gasteiger partial charge in [0.05, 0.1) is 6.42 Å². The highest BCUT2D eigenvalue weighted by Crippen LogP contribution is 2.43. The number of hydrogen-bond donors (Lipinski definition) is 0. The topological polar surface area (TPSA) is 35.5 Å². The normalized spacial score (nSPS) is 24.8. The van der Waals surface area contributed by atoms with Crippen LogP contribution in [0.4, 0.5) is 0 Å². The van der Waals surface area contributed by atoms with E-state index in [-0.39, 0.29) is 17.1 Å². The lowest BCUT2D eigenvalue weighted by Gasteiger charge is -2.43. The summed E-state index contributed by atoms with van der Waals surface area (Å²) in [6.07, 6.45) is 2.73. The molecule has 0 unspecified atom stereocenters. The molecule has 3 nitrogen and oxygen atoms in total. The Morgan fingerprint density at radius 3 is 2.07 bits per heavy atom. The summed E-state index contributed by atoms with van der Waals surface area (Å²) in [5.74, 6) is 0.689. The third-order valence-electron chi connectivity index (χ3n) is 6.52. The van der Waals surface area contributed by atoms with E-state index in [1.54, 1.807) is 0 Å². The molecule has 2 fully saturated rings. The smallest absolute Gasteiger partial charge is 0.306 e. The van der Waals surface area contributed by atoms with Gasteiger partial charge in [0.15, 0.2) is 0 Å². The lowest BCUT2D eigenvalue weighted by Crippen LogP contribution is -2.67. The summed E-state index contributed by atoms with van der Waals surface area (Å²) in [4.78, 5) is 11.8. The molecule has 2 aromatic rings. The number of rotatable bonds is 5. The Bertz CT molecular complexity index is 773. The average Bonchev–Trinajstić information content (AvgIpc) is 3.22. The van der Waals surface area contributed by atoms with E-state index in [2.05, 4.69) is 81.4 Å². The van der Waals surface area contributed by atoms with Crippen LogP contribution < -0.4 is 10.4 Å². The van der Waals surface area contributed by atoms with Gasteiger partial charge in [0.25, 0.3) is 8.32 Å². The van der Waals surface area contributed by atoms with Crippen molar-refractivity contribution in [2.24, 2.45) is 11.8 Å². The SMILES string of the molecule is CC(C)(C)[Si](OC[C@H]1CC[C@@H]2OC(=O)C[C@H]12)(c1ccccc1)c1ccccc1. The van der Waals surface area contributed by atoms with Gasteiger partial charge >= 0.3 is 5.97 Å². The highest BCUT2D eigenvalue weighted by molar-refractivity contribution is 6.99. The summed E-state index contributed by atoms with van der Waals surface area (Å²) < 4.78 is 12.6. The lowest BCUT2D eigenvalue weighted by molar-refractivity contribution is -0.141. The van der Waals surface area contributed by atoms with Crippen LogP contribution in [0.5, 0.6) is 0 Å². The Morgan fingerprint density at radius 2 is 1.54 bits per heavy atom. The number of carbonyl (C=O) groups is 1. The highest BCUT2D eigenvalue weighted by atomic mass is 28.4. The number of esters is 1. The molecule has 148 valence electrons. The summed E-state index contributed by atoms with van der Waals surface area (Å²) in [6, 6.07) is 21.5. The van der Waals surface area contributed by atoms with Crippen LogP contribution in [0.2, 0.25) is 5.04 Å². The first-order chi connectivity index (χ1) is 13.4. The summed E-state index contributed by atoms with van der Waals surface area (Å²) >= 11 is 0. The Labute approximate surface area is 169 Å². The third-order valence-corrected chi connectivity index (χ3v) is 11.5. The lowest BCUT2D eigenvalue weighted by atomic mass is 9.94. The molecule has 0 aromatic heterocycles.